The maximum absolute atomic E-state index is 11.6. The van der Waals surface area contributed by atoms with Crippen LogP contribution in [0, 0.1) is 11.8 Å². The molecule has 1 saturated heterocycles. The first kappa shape index (κ1) is 13.7. The van der Waals surface area contributed by atoms with E-state index in [0.717, 1.165) is 25.6 Å². The Morgan fingerprint density at radius 2 is 2.06 bits per heavy atom. The molecule has 2 aliphatic rings. The molecule has 1 heterocycles. The van der Waals surface area contributed by atoms with Gasteiger partial charge in [0, 0.05) is 19.1 Å². The number of carbonyl (C=O) groups is 1. The number of piperidine rings is 1. The van der Waals surface area contributed by atoms with Crippen LogP contribution in [-0.4, -0.2) is 43.8 Å². The van der Waals surface area contributed by atoms with Gasteiger partial charge in [0.1, 0.15) is 0 Å². The summed E-state index contributed by atoms with van der Waals surface area (Å²) in [5.41, 5.74) is 0. The minimum Gasteiger partial charge on any atom is -0.453 e. The van der Waals surface area contributed by atoms with Crippen LogP contribution in [0.25, 0.3) is 0 Å². The molecule has 2 unspecified atom stereocenters. The van der Waals surface area contributed by atoms with Gasteiger partial charge in [0.15, 0.2) is 0 Å². The second-order valence-electron chi connectivity index (χ2n) is 5.97. The van der Waals surface area contributed by atoms with Crippen LogP contribution < -0.4 is 5.32 Å². The van der Waals surface area contributed by atoms with Crippen molar-refractivity contribution in [1.29, 1.82) is 0 Å². The zero-order valence-corrected chi connectivity index (χ0v) is 11.7. The van der Waals surface area contributed by atoms with Gasteiger partial charge in [-0.2, -0.15) is 0 Å². The first-order chi connectivity index (χ1) is 8.69. The number of hydrogen-bond acceptors (Lipinski definition) is 3. The van der Waals surface area contributed by atoms with Crippen LogP contribution >= 0.6 is 0 Å². The van der Waals surface area contributed by atoms with E-state index in [2.05, 4.69) is 12.2 Å². The van der Waals surface area contributed by atoms with Gasteiger partial charge in [-0.1, -0.05) is 19.8 Å². The lowest BCUT2D eigenvalue weighted by Gasteiger charge is -2.36. The molecule has 104 valence electrons. The number of carbonyl (C=O) groups excluding carboxylic acids is 1. The Hall–Kier alpha value is -0.770. The lowest BCUT2D eigenvalue weighted by molar-refractivity contribution is 0.0933. The normalized spacial score (nSPS) is 29.6. The van der Waals surface area contributed by atoms with Gasteiger partial charge in [0.05, 0.1) is 7.11 Å². The van der Waals surface area contributed by atoms with Crippen LogP contribution in [0.3, 0.4) is 0 Å². The van der Waals surface area contributed by atoms with Crippen LogP contribution in [0.4, 0.5) is 4.79 Å². The van der Waals surface area contributed by atoms with E-state index in [9.17, 15) is 4.79 Å². The summed E-state index contributed by atoms with van der Waals surface area (Å²) >= 11 is 0. The summed E-state index contributed by atoms with van der Waals surface area (Å²) in [5, 5.41) is 3.65. The zero-order valence-electron chi connectivity index (χ0n) is 11.7. The van der Waals surface area contributed by atoms with E-state index in [0.29, 0.717) is 12.0 Å². The molecule has 2 rings (SSSR count). The van der Waals surface area contributed by atoms with E-state index in [-0.39, 0.29) is 6.09 Å². The van der Waals surface area contributed by atoms with E-state index in [4.69, 9.17) is 4.74 Å². The van der Waals surface area contributed by atoms with E-state index < -0.39 is 0 Å². The van der Waals surface area contributed by atoms with Gasteiger partial charge in [0.2, 0.25) is 0 Å². The van der Waals surface area contributed by atoms with E-state index in [1.54, 1.807) is 0 Å². The average molecular weight is 254 g/mol. The monoisotopic (exact) mass is 254 g/mol. The molecule has 4 nitrogen and oxygen atoms in total. The van der Waals surface area contributed by atoms with Crippen molar-refractivity contribution >= 4 is 6.09 Å². The van der Waals surface area contributed by atoms with E-state index in [1.807, 2.05) is 4.90 Å². The summed E-state index contributed by atoms with van der Waals surface area (Å²) in [6.07, 6.45) is 6.50. The molecule has 1 aliphatic carbocycles. The van der Waals surface area contributed by atoms with Crippen LogP contribution in [0.15, 0.2) is 0 Å². The number of nitrogens with zero attached hydrogens (tertiary/aromatic N) is 1. The van der Waals surface area contributed by atoms with Gasteiger partial charge in [-0.15, -0.1) is 0 Å². The lowest BCUT2D eigenvalue weighted by Crippen LogP contribution is -2.51. The zero-order chi connectivity index (χ0) is 13.0. The molecule has 0 aromatic carbocycles. The quantitative estimate of drug-likeness (QED) is 0.840. The van der Waals surface area contributed by atoms with Crippen LogP contribution in [-0.2, 0) is 4.74 Å². The number of methoxy groups -OCH3 is 1. The smallest absolute Gasteiger partial charge is 0.409 e. The van der Waals surface area contributed by atoms with Crippen molar-refractivity contribution in [3.63, 3.8) is 0 Å². The molecule has 18 heavy (non-hydrogen) atoms. The number of hydrogen-bond donors (Lipinski definition) is 1. The molecule has 0 radical (unpaired) electrons. The molecular formula is C14H26N2O2. The predicted octanol–water partition coefficient (Wildman–Crippen LogP) is 2.24. The predicted molar refractivity (Wildman–Crippen MR) is 71.5 cm³/mol. The summed E-state index contributed by atoms with van der Waals surface area (Å²) in [6, 6.07) is 0.438. The van der Waals surface area contributed by atoms with Crippen molar-refractivity contribution in [1.82, 2.24) is 10.2 Å². The maximum atomic E-state index is 11.6. The van der Waals surface area contributed by atoms with Crippen LogP contribution in [0.2, 0.25) is 0 Å². The molecule has 0 spiro atoms. The second-order valence-corrected chi connectivity index (χ2v) is 5.97. The SMILES string of the molecule is COC(=O)N1CC(C)CC(NCC2CCCC2)C1. The summed E-state index contributed by atoms with van der Waals surface area (Å²) in [5.74, 6) is 1.41. The summed E-state index contributed by atoms with van der Waals surface area (Å²) in [4.78, 5) is 13.4. The fourth-order valence-corrected chi connectivity index (χ4v) is 3.33. The number of likely N-dealkylation sites (tertiary alicyclic amines) is 1. The van der Waals surface area contributed by atoms with Gasteiger partial charge in [0.25, 0.3) is 0 Å². The Kier molecular flexibility index (Phi) is 4.87. The molecule has 1 N–H and O–H groups in total. The molecule has 0 bridgehead atoms. The fraction of sp³-hybridized carbons (Fsp3) is 0.929. The van der Waals surface area contributed by atoms with Gasteiger partial charge in [-0.25, -0.2) is 4.79 Å². The van der Waals surface area contributed by atoms with Crippen LogP contribution in [0.5, 0.6) is 0 Å². The Bertz CT molecular complexity index is 277. The fourth-order valence-electron chi connectivity index (χ4n) is 3.33. The summed E-state index contributed by atoms with van der Waals surface area (Å²) < 4.78 is 4.82. The van der Waals surface area contributed by atoms with E-state index in [1.165, 1.54) is 39.2 Å². The minimum atomic E-state index is -0.186. The molecule has 2 fully saturated rings. The molecular weight excluding hydrogens is 228 g/mol. The summed E-state index contributed by atoms with van der Waals surface area (Å²) in [6.45, 7) is 4.95. The molecule has 4 heteroatoms. The third-order valence-corrected chi connectivity index (χ3v) is 4.26. The maximum Gasteiger partial charge on any atom is 0.409 e. The molecule has 2 atom stereocenters. The first-order valence-electron chi connectivity index (χ1n) is 7.25. The topological polar surface area (TPSA) is 41.6 Å². The van der Waals surface area contributed by atoms with Crippen molar-refractivity contribution < 1.29 is 9.53 Å². The highest BCUT2D eigenvalue weighted by Gasteiger charge is 2.28. The Balaban J connectivity index is 1.78. The highest BCUT2D eigenvalue weighted by atomic mass is 16.5. The van der Waals surface area contributed by atoms with Crippen molar-refractivity contribution in [2.75, 3.05) is 26.7 Å². The first-order valence-corrected chi connectivity index (χ1v) is 7.25. The highest BCUT2D eigenvalue weighted by Crippen LogP contribution is 2.24. The average Bonchev–Trinajstić information content (AvgIpc) is 2.88. The molecule has 1 amide bonds. The van der Waals surface area contributed by atoms with Crippen LogP contribution in [0.1, 0.15) is 39.0 Å². The van der Waals surface area contributed by atoms with Crippen molar-refractivity contribution in [2.24, 2.45) is 11.8 Å². The van der Waals surface area contributed by atoms with Crippen molar-refractivity contribution in [2.45, 2.75) is 45.1 Å². The standard InChI is InChI=1S/C14H26N2O2/c1-11-7-13(10-16(9-11)14(17)18-2)15-8-12-5-3-4-6-12/h11-13,15H,3-10H2,1-2H3. The van der Waals surface area contributed by atoms with E-state index >= 15 is 0 Å². The molecule has 0 aromatic rings. The number of ether oxygens (including phenoxy) is 1. The number of nitrogens with one attached hydrogen (secondary N) is 1. The number of amides is 1. The Morgan fingerprint density at radius 1 is 1.33 bits per heavy atom. The molecule has 1 aliphatic heterocycles. The van der Waals surface area contributed by atoms with Gasteiger partial charge < -0.3 is 15.0 Å². The third kappa shape index (κ3) is 3.61. The van der Waals surface area contributed by atoms with Crippen molar-refractivity contribution in [3.8, 4) is 0 Å². The number of rotatable bonds is 3. The molecule has 1 saturated carbocycles. The largest absolute Gasteiger partial charge is 0.453 e. The Labute approximate surface area is 110 Å². The minimum absolute atomic E-state index is 0.186. The van der Waals surface area contributed by atoms with Gasteiger partial charge in [-0.05, 0) is 37.6 Å². The molecule has 0 aromatic heterocycles. The van der Waals surface area contributed by atoms with Gasteiger partial charge in [-0.3, -0.25) is 0 Å². The highest BCUT2D eigenvalue weighted by molar-refractivity contribution is 5.67. The summed E-state index contributed by atoms with van der Waals surface area (Å²) in [7, 11) is 1.46. The second kappa shape index (κ2) is 6.41. The Morgan fingerprint density at radius 3 is 2.72 bits per heavy atom. The lowest BCUT2D eigenvalue weighted by atomic mass is 9.95. The van der Waals surface area contributed by atoms with Gasteiger partial charge >= 0.3 is 6.09 Å². The van der Waals surface area contributed by atoms with Crippen molar-refractivity contribution in [3.05, 3.63) is 0 Å². The third-order valence-electron chi connectivity index (χ3n) is 4.26.